The lowest BCUT2D eigenvalue weighted by Crippen LogP contribution is -2.46. The summed E-state index contributed by atoms with van der Waals surface area (Å²) < 4.78 is 0. The van der Waals surface area contributed by atoms with Gasteiger partial charge in [0, 0.05) is 25.2 Å². The van der Waals surface area contributed by atoms with Crippen molar-refractivity contribution in [3.63, 3.8) is 0 Å². The fourth-order valence-corrected chi connectivity index (χ4v) is 4.23. The van der Waals surface area contributed by atoms with Crippen LogP contribution in [-0.4, -0.2) is 29.9 Å². The van der Waals surface area contributed by atoms with Gasteiger partial charge >= 0.3 is 6.03 Å². The van der Waals surface area contributed by atoms with Gasteiger partial charge in [0.2, 0.25) is 0 Å². The number of amides is 3. The molecule has 3 rings (SSSR count). The lowest BCUT2D eigenvalue weighted by atomic mass is 9.69. The maximum Gasteiger partial charge on any atom is 0.312 e. The molecule has 1 aliphatic carbocycles. The maximum atomic E-state index is 12.8. The molecule has 5 nitrogen and oxygen atoms in total. The molecule has 24 heavy (non-hydrogen) atoms. The minimum Gasteiger partial charge on any atom is -0.352 e. The number of primary amides is 1. The van der Waals surface area contributed by atoms with Crippen LogP contribution in [0.4, 0.5) is 4.79 Å². The average molecular weight is 329 g/mol. The highest BCUT2D eigenvalue weighted by Gasteiger charge is 2.37. The topological polar surface area (TPSA) is 75.4 Å². The molecule has 3 N–H and O–H groups in total. The van der Waals surface area contributed by atoms with E-state index in [2.05, 4.69) is 5.32 Å². The first kappa shape index (κ1) is 16.8. The zero-order valence-electron chi connectivity index (χ0n) is 14.2. The Balaban J connectivity index is 1.64. The van der Waals surface area contributed by atoms with Crippen LogP contribution in [0.2, 0.25) is 0 Å². The number of likely N-dealkylation sites (tertiary alicyclic amines) is 1. The van der Waals surface area contributed by atoms with Gasteiger partial charge < -0.3 is 16.0 Å². The summed E-state index contributed by atoms with van der Waals surface area (Å²) in [5.74, 6) is 0.133. The fourth-order valence-electron chi connectivity index (χ4n) is 4.23. The van der Waals surface area contributed by atoms with E-state index in [1.54, 1.807) is 0 Å². The van der Waals surface area contributed by atoms with Gasteiger partial charge in [0.1, 0.15) is 0 Å². The van der Waals surface area contributed by atoms with Crippen LogP contribution >= 0.6 is 0 Å². The molecule has 0 unspecified atom stereocenters. The number of rotatable bonds is 3. The fraction of sp³-hybridized carbons (Fsp3) is 0.579. The molecule has 130 valence electrons. The van der Waals surface area contributed by atoms with Crippen molar-refractivity contribution in [1.29, 1.82) is 0 Å². The van der Waals surface area contributed by atoms with E-state index in [1.807, 2.05) is 29.2 Å². The molecule has 1 heterocycles. The average Bonchev–Trinajstić information content (AvgIpc) is 2.60. The molecule has 2 aliphatic rings. The number of carbonyl (C=O) groups excluding carboxylic acids is 2. The minimum atomic E-state index is -0.541. The van der Waals surface area contributed by atoms with Crippen LogP contribution in [0.25, 0.3) is 0 Å². The molecule has 5 heteroatoms. The van der Waals surface area contributed by atoms with Crippen LogP contribution in [0.3, 0.4) is 0 Å². The number of hydrogen-bond acceptors (Lipinski definition) is 2. The predicted octanol–water partition coefficient (Wildman–Crippen LogP) is 3.04. The van der Waals surface area contributed by atoms with Crippen LogP contribution in [0.1, 0.15) is 60.9 Å². The number of nitrogens with zero attached hydrogens (tertiary/aromatic N) is 1. The second-order valence-electron chi connectivity index (χ2n) is 7.31. The van der Waals surface area contributed by atoms with Gasteiger partial charge in [-0.15, -0.1) is 0 Å². The van der Waals surface area contributed by atoms with Crippen molar-refractivity contribution < 1.29 is 9.59 Å². The zero-order valence-corrected chi connectivity index (χ0v) is 14.2. The van der Waals surface area contributed by atoms with E-state index < -0.39 is 6.03 Å². The van der Waals surface area contributed by atoms with Crippen molar-refractivity contribution in [2.24, 2.45) is 11.1 Å². The Hall–Kier alpha value is -2.04. The number of urea groups is 1. The van der Waals surface area contributed by atoms with E-state index in [0.29, 0.717) is 12.0 Å². The number of nitrogens with two attached hydrogens (primary N) is 1. The van der Waals surface area contributed by atoms with Gasteiger partial charge in [0.25, 0.3) is 5.91 Å². The normalized spacial score (nSPS) is 19.9. The molecule has 1 aromatic carbocycles. The van der Waals surface area contributed by atoms with Crippen LogP contribution in [0.15, 0.2) is 24.3 Å². The first-order valence-corrected chi connectivity index (χ1v) is 9.00. The number of carbonyl (C=O) groups is 2. The van der Waals surface area contributed by atoms with E-state index in [0.717, 1.165) is 30.6 Å². The van der Waals surface area contributed by atoms with Crippen LogP contribution in [-0.2, 0) is 6.54 Å². The van der Waals surface area contributed by atoms with E-state index >= 15 is 0 Å². The molecular weight excluding hydrogens is 302 g/mol. The van der Waals surface area contributed by atoms with Crippen molar-refractivity contribution in [2.45, 2.75) is 51.5 Å². The Morgan fingerprint density at radius 1 is 1.04 bits per heavy atom. The van der Waals surface area contributed by atoms with Crippen LogP contribution < -0.4 is 11.1 Å². The Bertz CT molecular complexity index is 586. The Labute approximate surface area is 143 Å². The number of benzene rings is 1. The maximum absolute atomic E-state index is 12.8. The first-order chi connectivity index (χ1) is 11.6. The van der Waals surface area contributed by atoms with Crippen molar-refractivity contribution in [3.8, 4) is 0 Å². The number of nitrogens with one attached hydrogen (secondary N) is 1. The van der Waals surface area contributed by atoms with Crippen LogP contribution in [0, 0.1) is 5.41 Å². The Morgan fingerprint density at radius 2 is 1.71 bits per heavy atom. The highest BCUT2D eigenvalue weighted by Crippen LogP contribution is 2.43. The third-order valence-corrected chi connectivity index (χ3v) is 5.53. The summed E-state index contributed by atoms with van der Waals surface area (Å²) in [4.78, 5) is 25.6. The molecule has 3 amide bonds. The Kier molecular flexibility index (Phi) is 5.07. The molecule has 1 saturated heterocycles. The zero-order chi connectivity index (χ0) is 17.0. The number of piperidine rings is 1. The molecule has 0 atom stereocenters. The number of hydrogen-bond donors (Lipinski definition) is 2. The molecule has 1 saturated carbocycles. The van der Waals surface area contributed by atoms with Gasteiger partial charge in [-0.2, -0.15) is 0 Å². The largest absolute Gasteiger partial charge is 0.352 e. The lowest BCUT2D eigenvalue weighted by Gasteiger charge is -2.45. The predicted molar refractivity (Wildman–Crippen MR) is 93.5 cm³/mol. The van der Waals surface area contributed by atoms with Gasteiger partial charge in [-0.25, -0.2) is 4.79 Å². The van der Waals surface area contributed by atoms with Gasteiger partial charge in [-0.1, -0.05) is 31.4 Å². The molecule has 0 aromatic heterocycles. The summed E-state index contributed by atoms with van der Waals surface area (Å²) in [5.41, 5.74) is 7.11. The lowest BCUT2D eigenvalue weighted by molar-refractivity contribution is 0.0384. The smallest absolute Gasteiger partial charge is 0.312 e. The van der Waals surface area contributed by atoms with Gasteiger partial charge in [0.15, 0.2) is 0 Å². The van der Waals surface area contributed by atoms with E-state index in [4.69, 9.17) is 5.73 Å². The molecule has 1 spiro atoms. The van der Waals surface area contributed by atoms with Gasteiger partial charge in [-0.3, -0.25) is 4.79 Å². The molecular formula is C19H27N3O2. The molecule has 2 fully saturated rings. The molecule has 1 aliphatic heterocycles. The summed E-state index contributed by atoms with van der Waals surface area (Å²) in [5, 5.41) is 2.56. The second-order valence-corrected chi connectivity index (χ2v) is 7.31. The molecule has 1 aromatic rings. The summed E-state index contributed by atoms with van der Waals surface area (Å²) in [6.45, 7) is 2.17. The standard InChI is InChI=1S/C19H27N3O2/c20-18(24)21-13-15-5-7-16(8-6-15)17(23)22-12-4-11-19(14-22)9-2-1-3-10-19/h5-8H,1-4,9-14H2,(H3,20,21,24). The quantitative estimate of drug-likeness (QED) is 0.894. The van der Waals surface area contributed by atoms with Crippen molar-refractivity contribution in [1.82, 2.24) is 10.2 Å². The SMILES string of the molecule is NC(=O)NCc1ccc(C(=O)N2CCCC3(CCCCC3)C2)cc1. The summed E-state index contributed by atoms with van der Waals surface area (Å²) >= 11 is 0. The van der Waals surface area contributed by atoms with Gasteiger partial charge in [-0.05, 0) is 48.8 Å². The highest BCUT2D eigenvalue weighted by atomic mass is 16.2. The van der Waals surface area contributed by atoms with Crippen molar-refractivity contribution in [2.75, 3.05) is 13.1 Å². The summed E-state index contributed by atoms with van der Waals surface area (Å²) in [7, 11) is 0. The summed E-state index contributed by atoms with van der Waals surface area (Å²) in [6, 6.07) is 6.92. The van der Waals surface area contributed by atoms with Crippen molar-refractivity contribution >= 4 is 11.9 Å². The minimum absolute atomic E-state index is 0.133. The molecule has 0 bridgehead atoms. The third-order valence-electron chi connectivity index (χ3n) is 5.53. The summed E-state index contributed by atoms with van der Waals surface area (Å²) in [6.07, 6.45) is 8.90. The van der Waals surface area contributed by atoms with Crippen molar-refractivity contribution in [3.05, 3.63) is 35.4 Å². The third kappa shape index (κ3) is 3.89. The molecule has 0 radical (unpaired) electrons. The van der Waals surface area contributed by atoms with Crippen LogP contribution in [0.5, 0.6) is 0 Å². The van der Waals surface area contributed by atoms with E-state index in [-0.39, 0.29) is 5.91 Å². The van der Waals surface area contributed by atoms with Gasteiger partial charge in [0.05, 0.1) is 0 Å². The van der Waals surface area contributed by atoms with E-state index in [9.17, 15) is 9.59 Å². The second kappa shape index (κ2) is 7.24. The van der Waals surface area contributed by atoms with E-state index in [1.165, 1.54) is 38.5 Å². The first-order valence-electron chi connectivity index (χ1n) is 9.00. The monoisotopic (exact) mass is 329 g/mol. The highest BCUT2D eigenvalue weighted by molar-refractivity contribution is 5.94. The Morgan fingerprint density at radius 3 is 2.38 bits per heavy atom.